The van der Waals surface area contributed by atoms with Crippen molar-refractivity contribution in [3.63, 3.8) is 0 Å². The second-order valence-electron chi connectivity index (χ2n) is 4.07. The van der Waals surface area contributed by atoms with Crippen LogP contribution in [0.3, 0.4) is 0 Å². The van der Waals surface area contributed by atoms with Crippen molar-refractivity contribution in [1.29, 1.82) is 0 Å². The topological polar surface area (TPSA) is 54.9 Å². The minimum absolute atomic E-state index is 0.154. The highest BCUT2D eigenvalue weighted by atomic mass is 16.1. The third-order valence-corrected chi connectivity index (χ3v) is 2.84. The Morgan fingerprint density at radius 2 is 1.79 bits per heavy atom. The molecule has 0 spiro atoms. The third kappa shape index (κ3) is 2.28. The van der Waals surface area contributed by atoms with Gasteiger partial charge in [-0.15, -0.1) is 0 Å². The minimum Gasteiger partial charge on any atom is -0.321 e. The maximum absolute atomic E-state index is 12.1. The quantitative estimate of drug-likeness (QED) is 0.759. The van der Waals surface area contributed by atoms with E-state index in [1.165, 1.54) is 0 Å². The number of benzene rings is 1. The largest absolute Gasteiger partial charge is 0.321 e. The molecule has 0 fully saturated rings. The Kier molecular flexibility index (Phi) is 2.90. The SMILES string of the molecule is O=C(Nc1cccc2ncccc12)c1ccncc1. The van der Waals surface area contributed by atoms with E-state index in [0.717, 1.165) is 16.6 Å². The Morgan fingerprint density at radius 1 is 0.947 bits per heavy atom. The first-order chi connectivity index (χ1) is 9.34. The van der Waals surface area contributed by atoms with Crippen LogP contribution in [0.2, 0.25) is 0 Å². The Morgan fingerprint density at radius 3 is 2.63 bits per heavy atom. The van der Waals surface area contributed by atoms with E-state index in [1.807, 2.05) is 30.3 Å². The number of fused-ring (bicyclic) bond motifs is 1. The van der Waals surface area contributed by atoms with Gasteiger partial charge in [-0.2, -0.15) is 0 Å². The van der Waals surface area contributed by atoms with E-state index in [4.69, 9.17) is 0 Å². The summed E-state index contributed by atoms with van der Waals surface area (Å²) in [5.74, 6) is -0.154. The molecular formula is C15H11N3O. The number of nitrogens with one attached hydrogen (secondary N) is 1. The van der Waals surface area contributed by atoms with Gasteiger partial charge in [0.1, 0.15) is 0 Å². The first kappa shape index (κ1) is 11.3. The fourth-order valence-electron chi connectivity index (χ4n) is 1.91. The van der Waals surface area contributed by atoms with Crippen molar-refractivity contribution in [2.75, 3.05) is 5.32 Å². The van der Waals surface area contributed by atoms with Gasteiger partial charge in [-0.05, 0) is 36.4 Å². The van der Waals surface area contributed by atoms with E-state index < -0.39 is 0 Å². The summed E-state index contributed by atoms with van der Waals surface area (Å²) in [6.45, 7) is 0. The van der Waals surface area contributed by atoms with E-state index in [9.17, 15) is 4.79 Å². The molecule has 92 valence electrons. The van der Waals surface area contributed by atoms with Crippen LogP contribution in [-0.4, -0.2) is 15.9 Å². The van der Waals surface area contributed by atoms with Crippen molar-refractivity contribution in [2.45, 2.75) is 0 Å². The molecule has 0 aliphatic heterocycles. The van der Waals surface area contributed by atoms with Gasteiger partial charge < -0.3 is 5.32 Å². The summed E-state index contributed by atoms with van der Waals surface area (Å²) in [7, 11) is 0. The first-order valence-electron chi connectivity index (χ1n) is 5.90. The molecule has 0 atom stereocenters. The molecular weight excluding hydrogens is 238 g/mol. The maximum Gasteiger partial charge on any atom is 0.255 e. The molecule has 3 rings (SSSR count). The molecule has 4 nitrogen and oxygen atoms in total. The Balaban J connectivity index is 1.96. The number of pyridine rings is 2. The zero-order valence-electron chi connectivity index (χ0n) is 10.1. The van der Waals surface area contributed by atoms with Gasteiger partial charge in [-0.3, -0.25) is 14.8 Å². The number of aromatic nitrogens is 2. The second kappa shape index (κ2) is 4.86. The number of carbonyl (C=O) groups is 1. The molecule has 0 aliphatic carbocycles. The van der Waals surface area contributed by atoms with Crippen LogP contribution in [0, 0.1) is 0 Å². The van der Waals surface area contributed by atoms with Gasteiger partial charge in [0.25, 0.3) is 5.91 Å². The average molecular weight is 249 g/mol. The van der Waals surface area contributed by atoms with Gasteiger partial charge in [-0.25, -0.2) is 0 Å². The predicted molar refractivity (Wildman–Crippen MR) is 73.9 cm³/mol. The molecule has 19 heavy (non-hydrogen) atoms. The van der Waals surface area contributed by atoms with Crippen LogP contribution in [0.15, 0.2) is 61.1 Å². The van der Waals surface area contributed by atoms with Crippen LogP contribution >= 0.6 is 0 Å². The number of amides is 1. The van der Waals surface area contributed by atoms with E-state index >= 15 is 0 Å². The zero-order valence-corrected chi connectivity index (χ0v) is 10.1. The number of hydrogen-bond acceptors (Lipinski definition) is 3. The van der Waals surface area contributed by atoms with Gasteiger partial charge in [-0.1, -0.05) is 6.07 Å². The van der Waals surface area contributed by atoms with Crippen molar-refractivity contribution in [2.24, 2.45) is 0 Å². The van der Waals surface area contributed by atoms with Crippen LogP contribution in [0.1, 0.15) is 10.4 Å². The van der Waals surface area contributed by atoms with Gasteiger partial charge >= 0.3 is 0 Å². The van der Waals surface area contributed by atoms with Crippen LogP contribution in [0.5, 0.6) is 0 Å². The predicted octanol–water partition coefficient (Wildman–Crippen LogP) is 2.88. The fraction of sp³-hybridized carbons (Fsp3) is 0. The molecule has 0 unspecified atom stereocenters. The normalized spacial score (nSPS) is 10.3. The van der Waals surface area contributed by atoms with Crippen molar-refractivity contribution in [1.82, 2.24) is 9.97 Å². The van der Waals surface area contributed by atoms with Gasteiger partial charge in [0.2, 0.25) is 0 Å². The number of nitrogens with zero attached hydrogens (tertiary/aromatic N) is 2. The summed E-state index contributed by atoms with van der Waals surface area (Å²) < 4.78 is 0. The highest BCUT2D eigenvalue weighted by Crippen LogP contribution is 2.21. The number of anilines is 1. The molecule has 0 saturated carbocycles. The zero-order chi connectivity index (χ0) is 13.1. The lowest BCUT2D eigenvalue weighted by atomic mass is 10.1. The third-order valence-electron chi connectivity index (χ3n) is 2.84. The lowest BCUT2D eigenvalue weighted by Crippen LogP contribution is -2.12. The van der Waals surface area contributed by atoms with Gasteiger partial charge in [0, 0.05) is 29.5 Å². The Labute approximate surface area is 110 Å². The monoisotopic (exact) mass is 249 g/mol. The molecule has 1 amide bonds. The van der Waals surface area contributed by atoms with Crippen molar-refractivity contribution >= 4 is 22.5 Å². The molecule has 1 aromatic carbocycles. The van der Waals surface area contributed by atoms with Crippen molar-refractivity contribution in [3.05, 3.63) is 66.6 Å². The average Bonchev–Trinajstić information content (AvgIpc) is 2.48. The van der Waals surface area contributed by atoms with Crippen molar-refractivity contribution in [3.8, 4) is 0 Å². The minimum atomic E-state index is -0.154. The molecule has 0 aliphatic rings. The molecule has 1 N–H and O–H groups in total. The van der Waals surface area contributed by atoms with Crippen LogP contribution in [0.25, 0.3) is 10.9 Å². The summed E-state index contributed by atoms with van der Waals surface area (Å²) in [6.07, 6.45) is 4.93. The molecule has 2 heterocycles. The van der Waals surface area contributed by atoms with Crippen LogP contribution in [0.4, 0.5) is 5.69 Å². The number of rotatable bonds is 2. The molecule has 2 aromatic heterocycles. The number of carbonyl (C=O) groups excluding carboxylic acids is 1. The summed E-state index contributed by atoms with van der Waals surface area (Å²) in [4.78, 5) is 20.3. The second-order valence-corrected chi connectivity index (χ2v) is 4.07. The highest BCUT2D eigenvalue weighted by molar-refractivity contribution is 6.08. The lowest BCUT2D eigenvalue weighted by Gasteiger charge is -2.08. The van der Waals surface area contributed by atoms with Gasteiger partial charge in [0.15, 0.2) is 0 Å². The van der Waals surface area contributed by atoms with E-state index in [-0.39, 0.29) is 5.91 Å². The maximum atomic E-state index is 12.1. The summed E-state index contributed by atoms with van der Waals surface area (Å²) >= 11 is 0. The first-order valence-corrected chi connectivity index (χ1v) is 5.90. The molecule has 0 saturated heterocycles. The van der Waals surface area contributed by atoms with E-state index in [1.54, 1.807) is 30.7 Å². The molecule has 0 bridgehead atoms. The van der Waals surface area contributed by atoms with Crippen LogP contribution < -0.4 is 5.32 Å². The fourth-order valence-corrected chi connectivity index (χ4v) is 1.91. The summed E-state index contributed by atoms with van der Waals surface area (Å²) in [5, 5.41) is 3.82. The molecule has 4 heteroatoms. The standard InChI is InChI=1S/C15H11N3O/c19-15(11-6-9-16-10-7-11)18-14-5-1-4-13-12(14)3-2-8-17-13/h1-10H,(H,18,19). The summed E-state index contributed by atoms with van der Waals surface area (Å²) in [5.41, 5.74) is 2.19. The molecule has 0 radical (unpaired) electrons. The van der Waals surface area contributed by atoms with Crippen molar-refractivity contribution < 1.29 is 4.79 Å². The molecule has 3 aromatic rings. The van der Waals surface area contributed by atoms with Crippen LogP contribution in [-0.2, 0) is 0 Å². The lowest BCUT2D eigenvalue weighted by molar-refractivity contribution is 0.102. The number of hydrogen-bond donors (Lipinski definition) is 1. The van der Waals surface area contributed by atoms with E-state index in [2.05, 4.69) is 15.3 Å². The highest BCUT2D eigenvalue weighted by Gasteiger charge is 2.07. The summed E-state index contributed by atoms with van der Waals surface area (Å²) in [6, 6.07) is 12.8. The van der Waals surface area contributed by atoms with Gasteiger partial charge in [0.05, 0.1) is 11.2 Å². The van der Waals surface area contributed by atoms with E-state index in [0.29, 0.717) is 5.56 Å². The Hall–Kier alpha value is -2.75. The Bertz CT molecular complexity index is 720. The smallest absolute Gasteiger partial charge is 0.255 e.